The first-order valence-corrected chi connectivity index (χ1v) is 12.3. The molecule has 0 spiro atoms. The minimum absolute atomic E-state index is 0.0161. The summed E-state index contributed by atoms with van der Waals surface area (Å²) in [7, 11) is 0. The summed E-state index contributed by atoms with van der Waals surface area (Å²) in [5.41, 5.74) is 3.29. The Morgan fingerprint density at radius 2 is 1.59 bits per heavy atom. The number of aryl methyl sites for hydroxylation is 1. The van der Waals surface area contributed by atoms with Crippen LogP contribution >= 0.6 is 0 Å². The summed E-state index contributed by atoms with van der Waals surface area (Å²) < 4.78 is 5.62. The number of benzene rings is 3. The van der Waals surface area contributed by atoms with Gasteiger partial charge in [0, 0.05) is 23.9 Å². The Balaban J connectivity index is 1.81. The number of nitrogens with zero attached hydrogens (tertiary/aromatic N) is 1. The van der Waals surface area contributed by atoms with Crippen LogP contribution in [0.4, 0.5) is 11.4 Å². The Kier molecular flexibility index (Phi) is 7.72. The van der Waals surface area contributed by atoms with Gasteiger partial charge in [-0.3, -0.25) is 19.3 Å². The van der Waals surface area contributed by atoms with E-state index in [4.69, 9.17) is 4.74 Å². The predicted octanol–water partition coefficient (Wildman–Crippen LogP) is 5.62. The molecule has 4 rings (SSSR count). The second-order valence-corrected chi connectivity index (χ2v) is 8.87. The van der Waals surface area contributed by atoms with Gasteiger partial charge >= 0.3 is 0 Å². The van der Waals surface area contributed by atoms with Crippen molar-refractivity contribution in [3.63, 3.8) is 0 Å². The van der Waals surface area contributed by atoms with Crippen LogP contribution in [0, 0.1) is 0 Å². The van der Waals surface area contributed by atoms with Crippen LogP contribution in [0.5, 0.6) is 5.75 Å². The molecule has 0 aromatic heterocycles. The Labute approximate surface area is 216 Å². The smallest absolute Gasteiger partial charge is 0.300 e. The Morgan fingerprint density at radius 1 is 0.946 bits per heavy atom. The van der Waals surface area contributed by atoms with Crippen molar-refractivity contribution in [2.75, 3.05) is 16.8 Å². The maximum Gasteiger partial charge on any atom is 0.300 e. The molecule has 3 aromatic carbocycles. The number of nitrogens with one attached hydrogen (secondary N) is 1. The fourth-order valence-corrected chi connectivity index (χ4v) is 4.34. The second-order valence-electron chi connectivity index (χ2n) is 8.87. The third kappa shape index (κ3) is 5.40. The number of hydrogen-bond acceptors (Lipinski definition) is 5. The average molecular weight is 499 g/mol. The van der Waals surface area contributed by atoms with Crippen LogP contribution in [0.15, 0.2) is 78.4 Å². The number of Topliss-reactive ketones (excluding diaryl/α,β-unsaturated/α-hetero) is 1. The van der Waals surface area contributed by atoms with E-state index in [1.165, 1.54) is 11.8 Å². The standard InChI is InChI=1S/C30H30N2O5/c1-4-18-37-25-16-10-22(11-17-25)28(34)26-27(21-8-6-20(5-2)7-9-21)32(30(36)29(26)35)24-14-12-23(13-15-24)31-19(3)33/h6-17,27,34H,4-5,18H2,1-3H3,(H,31,33)/b28-26+. The van der Waals surface area contributed by atoms with E-state index in [1.54, 1.807) is 48.5 Å². The van der Waals surface area contributed by atoms with E-state index in [9.17, 15) is 19.5 Å². The lowest BCUT2D eigenvalue weighted by Crippen LogP contribution is -2.29. The summed E-state index contributed by atoms with van der Waals surface area (Å²) in [6.07, 6.45) is 1.71. The highest BCUT2D eigenvalue weighted by Crippen LogP contribution is 2.42. The molecule has 2 N–H and O–H groups in total. The van der Waals surface area contributed by atoms with Gasteiger partial charge in [-0.2, -0.15) is 0 Å². The highest BCUT2D eigenvalue weighted by molar-refractivity contribution is 6.51. The number of aliphatic hydroxyl groups is 1. The number of ketones is 1. The van der Waals surface area contributed by atoms with Gasteiger partial charge in [-0.05, 0) is 72.5 Å². The Hall–Kier alpha value is -4.39. The number of rotatable bonds is 8. The minimum atomic E-state index is -0.825. The van der Waals surface area contributed by atoms with Crippen molar-refractivity contribution >= 4 is 34.7 Å². The van der Waals surface area contributed by atoms with Gasteiger partial charge in [0.15, 0.2) is 0 Å². The molecule has 1 unspecified atom stereocenters. The molecule has 7 nitrogen and oxygen atoms in total. The zero-order valence-corrected chi connectivity index (χ0v) is 21.2. The van der Waals surface area contributed by atoms with E-state index in [0.29, 0.717) is 34.9 Å². The highest BCUT2D eigenvalue weighted by Gasteiger charge is 2.46. The molecular weight excluding hydrogens is 468 g/mol. The third-order valence-corrected chi connectivity index (χ3v) is 6.21. The molecule has 3 aromatic rings. The van der Waals surface area contributed by atoms with E-state index in [1.807, 2.05) is 38.1 Å². The van der Waals surface area contributed by atoms with Gasteiger partial charge in [-0.15, -0.1) is 0 Å². The SMILES string of the molecule is CCCOc1ccc(/C(O)=C2\C(=O)C(=O)N(c3ccc(NC(C)=O)cc3)C2c2ccc(CC)cc2)cc1. The zero-order chi connectivity index (χ0) is 26.5. The molecule has 7 heteroatoms. The molecule has 37 heavy (non-hydrogen) atoms. The number of anilines is 2. The van der Waals surface area contributed by atoms with Gasteiger partial charge in [-0.1, -0.05) is 38.1 Å². The lowest BCUT2D eigenvalue weighted by atomic mass is 9.94. The molecule has 0 saturated carbocycles. The van der Waals surface area contributed by atoms with Gasteiger partial charge in [0.2, 0.25) is 5.91 Å². The van der Waals surface area contributed by atoms with Crippen molar-refractivity contribution in [3.8, 4) is 5.75 Å². The van der Waals surface area contributed by atoms with Gasteiger partial charge in [-0.25, -0.2) is 0 Å². The fourth-order valence-electron chi connectivity index (χ4n) is 4.34. The molecule has 190 valence electrons. The Bertz CT molecular complexity index is 1330. The molecule has 0 bridgehead atoms. The summed E-state index contributed by atoms with van der Waals surface area (Å²) in [4.78, 5) is 39.5. The lowest BCUT2D eigenvalue weighted by Gasteiger charge is -2.26. The van der Waals surface area contributed by atoms with Crippen LogP contribution in [0.25, 0.3) is 5.76 Å². The van der Waals surface area contributed by atoms with Gasteiger partial charge in [0.05, 0.1) is 18.2 Å². The summed E-state index contributed by atoms with van der Waals surface area (Å²) in [5.74, 6) is -1.30. The number of hydrogen-bond donors (Lipinski definition) is 2. The van der Waals surface area contributed by atoms with Gasteiger partial charge < -0.3 is 15.2 Å². The monoisotopic (exact) mass is 498 g/mol. The minimum Gasteiger partial charge on any atom is -0.507 e. The first-order chi connectivity index (χ1) is 17.8. The Morgan fingerprint density at radius 3 is 2.16 bits per heavy atom. The zero-order valence-electron chi connectivity index (χ0n) is 21.2. The van der Waals surface area contributed by atoms with Crippen molar-refractivity contribution in [2.45, 2.75) is 39.7 Å². The number of carbonyl (C=O) groups excluding carboxylic acids is 3. The number of aliphatic hydroxyl groups excluding tert-OH is 1. The maximum atomic E-state index is 13.3. The first kappa shape index (κ1) is 25.7. The van der Waals surface area contributed by atoms with Crippen molar-refractivity contribution < 1.29 is 24.2 Å². The van der Waals surface area contributed by atoms with E-state index >= 15 is 0 Å². The van der Waals surface area contributed by atoms with E-state index in [-0.39, 0.29) is 17.2 Å². The van der Waals surface area contributed by atoms with Crippen LogP contribution in [0.2, 0.25) is 0 Å². The van der Waals surface area contributed by atoms with E-state index in [0.717, 1.165) is 18.4 Å². The first-order valence-electron chi connectivity index (χ1n) is 12.3. The van der Waals surface area contributed by atoms with Crippen LogP contribution < -0.4 is 15.0 Å². The topological polar surface area (TPSA) is 95.9 Å². The molecule has 1 aliphatic rings. The summed E-state index contributed by atoms with van der Waals surface area (Å²) in [6.45, 7) is 6.05. The molecule has 0 aliphatic carbocycles. The molecular formula is C30H30N2O5. The molecule has 0 radical (unpaired) electrons. The largest absolute Gasteiger partial charge is 0.507 e. The van der Waals surface area contributed by atoms with Crippen LogP contribution in [0.3, 0.4) is 0 Å². The molecule has 1 fully saturated rings. The van der Waals surface area contributed by atoms with Gasteiger partial charge in [0.25, 0.3) is 11.7 Å². The second kappa shape index (κ2) is 11.1. The fraction of sp³-hybridized carbons (Fsp3) is 0.233. The molecule has 1 atom stereocenters. The molecule has 1 heterocycles. The number of ether oxygens (including phenoxy) is 1. The molecule has 1 saturated heterocycles. The van der Waals surface area contributed by atoms with Crippen LogP contribution in [-0.4, -0.2) is 29.3 Å². The number of carbonyl (C=O) groups is 3. The van der Waals surface area contributed by atoms with E-state index in [2.05, 4.69) is 5.32 Å². The quantitative estimate of drug-likeness (QED) is 0.239. The highest BCUT2D eigenvalue weighted by atomic mass is 16.5. The number of amides is 2. The maximum absolute atomic E-state index is 13.3. The lowest BCUT2D eigenvalue weighted by molar-refractivity contribution is -0.132. The van der Waals surface area contributed by atoms with Gasteiger partial charge in [0.1, 0.15) is 11.5 Å². The van der Waals surface area contributed by atoms with E-state index < -0.39 is 17.7 Å². The summed E-state index contributed by atoms with van der Waals surface area (Å²) in [5, 5.41) is 14.0. The average Bonchev–Trinajstić information content (AvgIpc) is 3.17. The summed E-state index contributed by atoms with van der Waals surface area (Å²) >= 11 is 0. The van der Waals surface area contributed by atoms with Crippen LogP contribution in [0.1, 0.15) is 49.9 Å². The molecule has 2 amide bonds. The molecule has 1 aliphatic heterocycles. The van der Waals surface area contributed by atoms with Crippen molar-refractivity contribution in [2.24, 2.45) is 0 Å². The third-order valence-electron chi connectivity index (χ3n) is 6.21. The predicted molar refractivity (Wildman–Crippen MR) is 144 cm³/mol. The van der Waals surface area contributed by atoms with Crippen molar-refractivity contribution in [1.82, 2.24) is 0 Å². The summed E-state index contributed by atoms with van der Waals surface area (Å²) in [6, 6.07) is 20.3. The van der Waals surface area contributed by atoms with Crippen LogP contribution in [-0.2, 0) is 20.8 Å². The normalized spacial score (nSPS) is 16.6. The van der Waals surface area contributed by atoms with Crippen molar-refractivity contribution in [3.05, 3.63) is 95.1 Å². The van der Waals surface area contributed by atoms with Crippen molar-refractivity contribution in [1.29, 1.82) is 0 Å².